The summed E-state index contributed by atoms with van der Waals surface area (Å²) in [5, 5.41) is 1.14. The minimum absolute atomic E-state index is 0.993. The molecule has 0 saturated carbocycles. The molecule has 1 nitrogen and oxygen atoms in total. The van der Waals surface area contributed by atoms with Crippen LogP contribution in [-0.4, -0.2) is 4.98 Å². The summed E-state index contributed by atoms with van der Waals surface area (Å²) in [6.07, 6.45) is 0. The molecular weight excluding hydrogens is 366 g/mol. The van der Waals surface area contributed by atoms with Crippen LogP contribution in [0.2, 0.25) is 0 Å². The summed E-state index contributed by atoms with van der Waals surface area (Å²) in [6, 6.07) is 16.6. The number of hydrogen-bond donors (Lipinski definition) is 0. The molecule has 0 amide bonds. The number of hydrogen-bond acceptors (Lipinski definition) is 1. The van der Waals surface area contributed by atoms with Crippen molar-refractivity contribution in [1.82, 2.24) is 4.98 Å². The third kappa shape index (κ3) is 2.45. The number of aryl methyl sites for hydroxylation is 1. The first-order valence-electron chi connectivity index (χ1n) is 5.97. The molecule has 0 spiro atoms. The zero-order valence-electron chi connectivity index (χ0n) is 10.3. The number of nitrogens with zero attached hydrogens (tertiary/aromatic N) is 1. The van der Waals surface area contributed by atoms with Crippen molar-refractivity contribution in [2.45, 2.75) is 6.92 Å². The number of rotatable bonds is 1. The Bertz CT molecular complexity index is 752. The summed E-state index contributed by atoms with van der Waals surface area (Å²) in [5.41, 5.74) is 4.36. The molecule has 3 aromatic rings. The molecule has 3 heteroatoms. The van der Waals surface area contributed by atoms with Crippen molar-refractivity contribution in [3.05, 3.63) is 63.0 Å². The van der Waals surface area contributed by atoms with Crippen LogP contribution in [0.3, 0.4) is 0 Å². The lowest BCUT2D eigenvalue weighted by Crippen LogP contribution is -1.91. The van der Waals surface area contributed by atoms with Crippen molar-refractivity contribution >= 4 is 42.8 Å². The number of fused-ring (bicyclic) bond motifs is 1. The van der Waals surface area contributed by atoms with E-state index in [1.54, 1.807) is 0 Å². The van der Waals surface area contributed by atoms with Crippen LogP contribution in [0, 0.1) is 6.92 Å². The topological polar surface area (TPSA) is 12.9 Å². The standard InChI is InChI=1S/C16H11Br2N/c1-10-7-12-8-13(17)9-14(18)16(12)19-15(10)11-5-3-2-4-6-11/h2-9H,1H3. The molecule has 94 valence electrons. The Morgan fingerprint density at radius 3 is 2.42 bits per heavy atom. The van der Waals surface area contributed by atoms with Crippen molar-refractivity contribution in [2.24, 2.45) is 0 Å². The monoisotopic (exact) mass is 375 g/mol. The van der Waals surface area contributed by atoms with Gasteiger partial charge in [-0.3, -0.25) is 0 Å². The van der Waals surface area contributed by atoms with E-state index < -0.39 is 0 Å². The van der Waals surface area contributed by atoms with E-state index in [1.807, 2.05) is 24.3 Å². The molecule has 0 unspecified atom stereocenters. The van der Waals surface area contributed by atoms with Gasteiger partial charge in [-0.2, -0.15) is 0 Å². The van der Waals surface area contributed by atoms with Crippen molar-refractivity contribution < 1.29 is 0 Å². The Kier molecular flexibility index (Phi) is 3.42. The summed E-state index contributed by atoms with van der Waals surface area (Å²) in [7, 11) is 0. The molecule has 1 heterocycles. The van der Waals surface area contributed by atoms with Crippen molar-refractivity contribution in [3.8, 4) is 11.3 Å². The Morgan fingerprint density at radius 2 is 1.68 bits per heavy atom. The van der Waals surface area contributed by atoms with Crippen molar-refractivity contribution in [1.29, 1.82) is 0 Å². The van der Waals surface area contributed by atoms with Crippen molar-refractivity contribution in [3.63, 3.8) is 0 Å². The second-order valence-electron chi connectivity index (χ2n) is 4.48. The molecule has 1 aromatic heterocycles. The summed E-state index contributed by atoms with van der Waals surface area (Å²) < 4.78 is 2.06. The van der Waals surface area contributed by atoms with Gasteiger partial charge in [-0.25, -0.2) is 4.98 Å². The average molecular weight is 377 g/mol. The molecule has 2 aromatic carbocycles. The van der Waals surface area contributed by atoms with Gasteiger partial charge in [-0.1, -0.05) is 46.3 Å². The minimum atomic E-state index is 0.993. The predicted octanol–water partition coefficient (Wildman–Crippen LogP) is 5.74. The van der Waals surface area contributed by atoms with Crippen LogP contribution < -0.4 is 0 Å². The van der Waals surface area contributed by atoms with E-state index in [2.05, 4.69) is 63.0 Å². The largest absolute Gasteiger partial charge is 0.246 e. The zero-order chi connectivity index (χ0) is 13.4. The highest BCUT2D eigenvalue weighted by Gasteiger charge is 2.08. The average Bonchev–Trinajstić information content (AvgIpc) is 2.38. The molecule has 0 aliphatic rings. The first-order chi connectivity index (χ1) is 9.15. The van der Waals surface area contributed by atoms with Crippen LogP contribution in [0.15, 0.2) is 57.5 Å². The van der Waals surface area contributed by atoms with Gasteiger partial charge >= 0.3 is 0 Å². The fraction of sp³-hybridized carbons (Fsp3) is 0.0625. The second-order valence-corrected chi connectivity index (χ2v) is 6.25. The van der Waals surface area contributed by atoms with Crippen LogP contribution in [0.25, 0.3) is 22.2 Å². The van der Waals surface area contributed by atoms with E-state index in [4.69, 9.17) is 4.98 Å². The highest BCUT2D eigenvalue weighted by molar-refractivity contribution is 9.11. The Morgan fingerprint density at radius 1 is 0.947 bits per heavy atom. The Balaban J connectivity index is 2.31. The number of benzene rings is 2. The Hall–Kier alpha value is -1.19. The van der Waals surface area contributed by atoms with E-state index in [0.29, 0.717) is 0 Å². The Labute approximate surface area is 128 Å². The highest BCUT2D eigenvalue weighted by Crippen LogP contribution is 2.31. The molecule has 0 atom stereocenters. The molecule has 0 bridgehead atoms. The van der Waals surface area contributed by atoms with E-state index in [9.17, 15) is 0 Å². The molecule has 0 saturated heterocycles. The minimum Gasteiger partial charge on any atom is -0.246 e. The van der Waals surface area contributed by atoms with Gasteiger partial charge in [0, 0.05) is 19.9 Å². The molecule has 3 rings (SSSR count). The quantitative estimate of drug-likeness (QED) is 0.528. The molecule has 0 N–H and O–H groups in total. The lowest BCUT2D eigenvalue weighted by Gasteiger charge is -2.09. The molecule has 19 heavy (non-hydrogen) atoms. The van der Waals surface area contributed by atoms with Gasteiger partial charge in [0.15, 0.2) is 0 Å². The summed E-state index contributed by atoms with van der Waals surface area (Å²) in [4.78, 5) is 4.82. The summed E-state index contributed by atoms with van der Waals surface area (Å²) in [6.45, 7) is 2.10. The maximum Gasteiger partial charge on any atom is 0.0852 e. The molecule has 0 radical (unpaired) electrons. The van der Waals surface area contributed by atoms with Gasteiger partial charge < -0.3 is 0 Å². The SMILES string of the molecule is Cc1cc2cc(Br)cc(Br)c2nc1-c1ccccc1. The number of pyridine rings is 1. The predicted molar refractivity (Wildman–Crippen MR) is 87.3 cm³/mol. The van der Waals surface area contributed by atoms with Gasteiger partial charge in [0.25, 0.3) is 0 Å². The zero-order valence-corrected chi connectivity index (χ0v) is 13.5. The highest BCUT2D eigenvalue weighted by atomic mass is 79.9. The van der Waals surface area contributed by atoms with Crippen LogP contribution in [-0.2, 0) is 0 Å². The molecule has 0 fully saturated rings. The van der Waals surface area contributed by atoms with Crippen LogP contribution in [0.4, 0.5) is 0 Å². The van der Waals surface area contributed by atoms with E-state index >= 15 is 0 Å². The van der Waals surface area contributed by atoms with E-state index in [0.717, 1.165) is 31.1 Å². The first kappa shape index (κ1) is 12.8. The van der Waals surface area contributed by atoms with Gasteiger partial charge in [-0.15, -0.1) is 0 Å². The molecule has 0 aliphatic heterocycles. The van der Waals surface area contributed by atoms with Crippen LogP contribution >= 0.6 is 31.9 Å². The van der Waals surface area contributed by atoms with E-state index in [1.165, 1.54) is 5.56 Å². The fourth-order valence-corrected chi connectivity index (χ4v) is 3.55. The van der Waals surface area contributed by atoms with Gasteiger partial charge in [0.1, 0.15) is 0 Å². The maximum atomic E-state index is 4.82. The summed E-state index contributed by atoms with van der Waals surface area (Å²) >= 11 is 7.10. The van der Waals surface area contributed by atoms with Gasteiger partial charge in [0.2, 0.25) is 0 Å². The molecule has 0 aliphatic carbocycles. The smallest absolute Gasteiger partial charge is 0.0852 e. The van der Waals surface area contributed by atoms with Gasteiger partial charge in [0.05, 0.1) is 11.2 Å². The van der Waals surface area contributed by atoms with Crippen molar-refractivity contribution in [2.75, 3.05) is 0 Å². The second kappa shape index (κ2) is 5.06. The third-order valence-corrected chi connectivity index (χ3v) is 4.14. The number of aromatic nitrogens is 1. The fourth-order valence-electron chi connectivity index (χ4n) is 2.20. The van der Waals surface area contributed by atoms with E-state index in [-0.39, 0.29) is 0 Å². The summed E-state index contributed by atoms with van der Waals surface area (Å²) in [5.74, 6) is 0. The normalized spacial score (nSPS) is 10.9. The number of halogens is 2. The van der Waals surface area contributed by atoms with Crippen LogP contribution in [0.1, 0.15) is 5.56 Å². The lowest BCUT2D eigenvalue weighted by molar-refractivity contribution is 1.32. The first-order valence-corrected chi connectivity index (χ1v) is 7.55. The lowest BCUT2D eigenvalue weighted by atomic mass is 10.0. The van der Waals surface area contributed by atoms with Crippen LogP contribution in [0.5, 0.6) is 0 Å². The van der Waals surface area contributed by atoms with Gasteiger partial charge in [-0.05, 0) is 46.6 Å². The maximum absolute atomic E-state index is 4.82. The third-order valence-electron chi connectivity index (χ3n) is 3.07. The molecular formula is C16H11Br2N.